The van der Waals surface area contributed by atoms with E-state index in [4.69, 9.17) is 9.84 Å². The molecule has 1 fully saturated rings. The lowest BCUT2D eigenvalue weighted by atomic mass is 10.1. The topological polar surface area (TPSA) is 53.0 Å². The molecule has 1 atom stereocenters. The van der Waals surface area contributed by atoms with Crippen molar-refractivity contribution in [1.29, 1.82) is 0 Å². The minimum absolute atomic E-state index is 0.118. The molecule has 5 heteroatoms. The molecule has 0 aromatic heterocycles. The van der Waals surface area contributed by atoms with Crippen molar-refractivity contribution in [2.24, 2.45) is 0 Å². The summed E-state index contributed by atoms with van der Waals surface area (Å²) < 4.78 is 5.59. The highest BCUT2D eigenvalue weighted by Crippen LogP contribution is 2.28. The Kier molecular flexibility index (Phi) is 6.12. The van der Waals surface area contributed by atoms with Crippen molar-refractivity contribution in [2.75, 3.05) is 33.8 Å². The first-order valence-electron chi connectivity index (χ1n) is 9.27. The van der Waals surface area contributed by atoms with Crippen molar-refractivity contribution < 1.29 is 14.6 Å². The highest BCUT2D eigenvalue weighted by atomic mass is 16.5. The highest BCUT2D eigenvalue weighted by Gasteiger charge is 2.22. The van der Waals surface area contributed by atoms with E-state index in [9.17, 15) is 4.79 Å². The second kappa shape index (κ2) is 8.52. The Balaban J connectivity index is 1.68. The van der Waals surface area contributed by atoms with E-state index in [0.29, 0.717) is 6.04 Å². The zero-order chi connectivity index (χ0) is 18.5. The van der Waals surface area contributed by atoms with Crippen LogP contribution in [-0.4, -0.2) is 60.7 Å². The minimum Gasteiger partial charge on any atom is -0.496 e. The second-order valence-electron chi connectivity index (χ2n) is 7.19. The van der Waals surface area contributed by atoms with E-state index in [1.807, 2.05) is 18.0 Å². The fourth-order valence-corrected chi connectivity index (χ4v) is 3.93. The molecule has 140 valence electrons. The summed E-state index contributed by atoms with van der Waals surface area (Å²) in [6, 6.07) is 13.0. The number of methoxy groups -OCH3 is 1. The summed E-state index contributed by atoms with van der Waals surface area (Å²) in [5.41, 5.74) is 1.26. The number of likely N-dealkylation sites (N-methyl/N-ethyl adjacent to an activating group) is 1. The summed E-state index contributed by atoms with van der Waals surface area (Å²) in [4.78, 5) is 15.4. The van der Waals surface area contributed by atoms with Gasteiger partial charge in [0.15, 0.2) is 0 Å². The number of carboxylic acid groups (broad SMARTS) is 1. The molecule has 0 saturated carbocycles. The summed E-state index contributed by atoms with van der Waals surface area (Å²) in [7, 11) is 3.64. The van der Waals surface area contributed by atoms with Crippen molar-refractivity contribution in [3.63, 3.8) is 0 Å². The molecule has 26 heavy (non-hydrogen) atoms. The van der Waals surface area contributed by atoms with Gasteiger partial charge in [0.1, 0.15) is 5.75 Å². The van der Waals surface area contributed by atoms with Crippen LogP contribution in [0.25, 0.3) is 10.8 Å². The van der Waals surface area contributed by atoms with Gasteiger partial charge < -0.3 is 9.84 Å². The van der Waals surface area contributed by atoms with E-state index in [2.05, 4.69) is 35.2 Å². The van der Waals surface area contributed by atoms with Crippen LogP contribution in [-0.2, 0) is 11.3 Å². The third-order valence-electron chi connectivity index (χ3n) is 5.31. The summed E-state index contributed by atoms with van der Waals surface area (Å²) in [5.74, 6) is 0.170. The number of carbonyl (C=O) groups is 1. The fraction of sp³-hybridized carbons (Fsp3) is 0.476. The first-order chi connectivity index (χ1) is 12.6. The predicted octanol–water partition coefficient (Wildman–Crippen LogP) is 3.22. The summed E-state index contributed by atoms with van der Waals surface area (Å²) in [6.45, 7) is 3.05. The Labute approximate surface area is 155 Å². The van der Waals surface area contributed by atoms with E-state index in [0.717, 1.165) is 50.0 Å². The van der Waals surface area contributed by atoms with Gasteiger partial charge in [-0.3, -0.25) is 14.6 Å². The van der Waals surface area contributed by atoms with Gasteiger partial charge >= 0.3 is 5.97 Å². The van der Waals surface area contributed by atoms with Gasteiger partial charge in [-0.05, 0) is 62.5 Å². The maximum atomic E-state index is 10.9. The number of aliphatic carboxylic acids is 1. The number of carboxylic acids is 1. The average Bonchev–Trinajstić information content (AvgIpc) is 2.86. The number of benzene rings is 2. The first kappa shape index (κ1) is 18.7. The van der Waals surface area contributed by atoms with Gasteiger partial charge in [0.25, 0.3) is 0 Å². The highest BCUT2D eigenvalue weighted by molar-refractivity contribution is 5.89. The van der Waals surface area contributed by atoms with Crippen LogP contribution in [0.3, 0.4) is 0 Å². The van der Waals surface area contributed by atoms with Crippen LogP contribution in [0.5, 0.6) is 5.75 Å². The Morgan fingerprint density at radius 2 is 2.08 bits per heavy atom. The summed E-state index contributed by atoms with van der Waals surface area (Å²) in [5, 5.41) is 11.4. The molecule has 2 aromatic rings. The third kappa shape index (κ3) is 4.54. The van der Waals surface area contributed by atoms with E-state index in [-0.39, 0.29) is 6.54 Å². The van der Waals surface area contributed by atoms with Crippen LogP contribution < -0.4 is 4.74 Å². The molecular weight excluding hydrogens is 328 g/mol. The van der Waals surface area contributed by atoms with Crippen molar-refractivity contribution in [1.82, 2.24) is 9.80 Å². The zero-order valence-corrected chi connectivity index (χ0v) is 15.6. The first-order valence-corrected chi connectivity index (χ1v) is 9.27. The van der Waals surface area contributed by atoms with Gasteiger partial charge in [0, 0.05) is 18.0 Å². The van der Waals surface area contributed by atoms with Crippen LogP contribution >= 0.6 is 0 Å². The third-order valence-corrected chi connectivity index (χ3v) is 5.31. The van der Waals surface area contributed by atoms with Crippen LogP contribution in [0, 0.1) is 0 Å². The number of nitrogens with zero attached hydrogens (tertiary/aromatic N) is 2. The van der Waals surface area contributed by atoms with Crippen LogP contribution in [0.4, 0.5) is 0 Å². The molecule has 1 aliphatic heterocycles. The number of fused-ring (bicyclic) bond motifs is 1. The molecule has 1 aliphatic rings. The smallest absolute Gasteiger partial charge is 0.317 e. The van der Waals surface area contributed by atoms with E-state index >= 15 is 0 Å². The van der Waals surface area contributed by atoms with Crippen molar-refractivity contribution in [2.45, 2.75) is 31.8 Å². The molecular formula is C21H28N2O3. The summed E-state index contributed by atoms with van der Waals surface area (Å²) in [6.07, 6.45) is 3.16. The SMILES string of the molecule is COc1cc(CN2CCCC(N(C)CC(=O)O)CC2)cc2ccccc12. The molecule has 0 amide bonds. The number of ether oxygens (including phenoxy) is 1. The van der Waals surface area contributed by atoms with E-state index in [1.54, 1.807) is 7.11 Å². The molecule has 3 rings (SSSR count). The molecule has 0 radical (unpaired) electrons. The van der Waals surface area contributed by atoms with Gasteiger partial charge in [0.2, 0.25) is 0 Å². The molecule has 1 saturated heterocycles. The van der Waals surface area contributed by atoms with Crippen molar-refractivity contribution in [3.8, 4) is 5.75 Å². The molecule has 0 spiro atoms. The van der Waals surface area contributed by atoms with Gasteiger partial charge in [0.05, 0.1) is 13.7 Å². The quantitative estimate of drug-likeness (QED) is 0.861. The van der Waals surface area contributed by atoms with E-state index in [1.165, 1.54) is 10.9 Å². The Morgan fingerprint density at radius 1 is 1.27 bits per heavy atom. The normalized spacial score (nSPS) is 18.8. The average molecular weight is 356 g/mol. The van der Waals surface area contributed by atoms with Crippen molar-refractivity contribution in [3.05, 3.63) is 42.0 Å². The maximum absolute atomic E-state index is 10.9. The minimum atomic E-state index is -0.753. The summed E-state index contributed by atoms with van der Waals surface area (Å²) >= 11 is 0. The Bertz CT molecular complexity index is 762. The fourth-order valence-electron chi connectivity index (χ4n) is 3.93. The Hall–Kier alpha value is -2.11. The van der Waals surface area contributed by atoms with Crippen molar-refractivity contribution >= 4 is 16.7 Å². The molecule has 1 N–H and O–H groups in total. The molecule has 5 nitrogen and oxygen atoms in total. The molecule has 1 unspecified atom stereocenters. The van der Waals surface area contributed by atoms with Crippen LogP contribution in [0.2, 0.25) is 0 Å². The number of hydrogen-bond acceptors (Lipinski definition) is 4. The lowest BCUT2D eigenvalue weighted by Crippen LogP contribution is -2.36. The van der Waals surface area contributed by atoms with Gasteiger partial charge in [-0.1, -0.05) is 24.3 Å². The standard InChI is InChI=1S/C21H28N2O3/c1-22(15-21(24)25)18-7-5-10-23(11-9-18)14-16-12-17-6-3-4-8-19(17)20(13-16)26-2/h3-4,6,8,12-13,18H,5,7,9-11,14-15H2,1-2H3,(H,24,25). The Morgan fingerprint density at radius 3 is 2.85 bits per heavy atom. The van der Waals surface area contributed by atoms with Crippen LogP contribution in [0.15, 0.2) is 36.4 Å². The van der Waals surface area contributed by atoms with E-state index < -0.39 is 5.97 Å². The van der Waals surface area contributed by atoms with Gasteiger partial charge in [-0.25, -0.2) is 0 Å². The maximum Gasteiger partial charge on any atom is 0.317 e. The number of rotatable bonds is 6. The largest absolute Gasteiger partial charge is 0.496 e. The monoisotopic (exact) mass is 356 g/mol. The van der Waals surface area contributed by atoms with Gasteiger partial charge in [-0.2, -0.15) is 0 Å². The lowest BCUT2D eigenvalue weighted by molar-refractivity contribution is -0.138. The second-order valence-corrected chi connectivity index (χ2v) is 7.19. The molecule has 2 aromatic carbocycles. The lowest BCUT2D eigenvalue weighted by Gasteiger charge is -2.25. The van der Waals surface area contributed by atoms with Gasteiger partial charge in [-0.15, -0.1) is 0 Å². The number of likely N-dealkylation sites (tertiary alicyclic amines) is 1. The zero-order valence-electron chi connectivity index (χ0n) is 15.6. The molecule has 0 aliphatic carbocycles. The predicted molar refractivity (Wildman–Crippen MR) is 104 cm³/mol. The molecule has 0 bridgehead atoms. The molecule has 1 heterocycles. The number of hydrogen-bond donors (Lipinski definition) is 1. The van der Waals surface area contributed by atoms with Crippen LogP contribution in [0.1, 0.15) is 24.8 Å².